The molecule has 18 heavy (non-hydrogen) atoms. The van der Waals surface area contributed by atoms with Crippen LogP contribution in [0.25, 0.3) is 0 Å². The molecule has 2 nitrogen and oxygen atoms in total. The monoisotopic (exact) mass is 260 g/mol. The molecule has 0 aliphatic carbocycles. The van der Waals surface area contributed by atoms with Gasteiger partial charge in [0.2, 0.25) is 0 Å². The minimum Gasteiger partial charge on any atom is -0.496 e. The molecule has 1 heterocycles. The van der Waals surface area contributed by atoms with Gasteiger partial charge in [-0.3, -0.25) is 4.79 Å². The number of hydrogen-bond donors (Lipinski definition) is 0. The van der Waals surface area contributed by atoms with E-state index >= 15 is 0 Å². The maximum absolute atomic E-state index is 12.1. The highest BCUT2D eigenvalue weighted by molar-refractivity contribution is 7.12. The van der Waals surface area contributed by atoms with Gasteiger partial charge in [-0.15, -0.1) is 11.3 Å². The molecule has 2 rings (SSSR count). The van der Waals surface area contributed by atoms with Crippen LogP contribution in [0.4, 0.5) is 0 Å². The molecule has 0 spiro atoms. The minimum absolute atomic E-state index is 0.147. The third-order valence-electron chi connectivity index (χ3n) is 2.73. The van der Waals surface area contributed by atoms with Crippen LogP contribution in [0.15, 0.2) is 29.6 Å². The highest BCUT2D eigenvalue weighted by Gasteiger charge is 2.11. The summed E-state index contributed by atoms with van der Waals surface area (Å²) in [5.74, 6) is 0.900. The van der Waals surface area contributed by atoms with Gasteiger partial charge in [0.25, 0.3) is 0 Å². The molecule has 0 atom stereocenters. The van der Waals surface area contributed by atoms with Crippen molar-refractivity contribution in [1.29, 1.82) is 0 Å². The lowest BCUT2D eigenvalue weighted by Gasteiger charge is -2.03. The van der Waals surface area contributed by atoms with Crippen LogP contribution in [0.1, 0.15) is 26.4 Å². The Morgan fingerprint density at radius 2 is 1.83 bits per heavy atom. The van der Waals surface area contributed by atoms with Crippen LogP contribution in [0, 0.1) is 13.8 Å². The molecular formula is C15H16O2S. The molecule has 0 radical (unpaired) electrons. The molecule has 1 aromatic carbocycles. The standard InChI is InChI=1S/C15H16O2S/c1-10-4-11(2)6-12(5-10)7-14(16)15-8-13(17-3)9-18-15/h4-6,8-9H,7H2,1-3H3. The highest BCUT2D eigenvalue weighted by atomic mass is 32.1. The topological polar surface area (TPSA) is 26.3 Å². The van der Waals surface area contributed by atoms with Gasteiger partial charge in [0.05, 0.1) is 12.0 Å². The summed E-state index contributed by atoms with van der Waals surface area (Å²) in [6, 6.07) is 8.04. The molecule has 0 fully saturated rings. The fraction of sp³-hybridized carbons (Fsp3) is 0.267. The third-order valence-corrected chi connectivity index (χ3v) is 3.68. The Morgan fingerprint density at radius 1 is 1.17 bits per heavy atom. The van der Waals surface area contributed by atoms with E-state index in [0.717, 1.165) is 16.2 Å². The van der Waals surface area contributed by atoms with Crippen LogP contribution in [0.2, 0.25) is 0 Å². The summed E-state index contributed by atoms with van der Waals surface area (Å²) in [5.41, 5.74) is 3.47. The van der Waals surface area contributed by atoms with Crippen LogP contribution >= 0.6 is 11.3 Å². The maximum atomic E-state index is 12.1. The molecular weight excluding hydrogens is 244 g/mol. The first kappa shape index (κ1) is 12.8. The molecule has 0 bridgehead atoms. The molecule has 0 unspecified atom stereocenters. The van der Waals surface area contributed by atoms with Gasteiger partial charge in [-0.1, -0.05) is 29.3 Å². The van der Waals surface area contributed by atoms with Crippen LogP contribution in [-0.2, 0) is 6.42 Å². The van der Waals surface area contributed by atoms with Crippen molar-refractivity contribution >= 4 is 17.1 Å². The Balaban J connectivity index is 2.15. The van der Waals surface area contributed by atoms with E-state index < -0.39 is 0 Å². The highest BCUT2D eigenvalue weighted by Crippen LogP contribution is 2.23. The minimum atomic E-state index is 0.147. The van der Waals surface area contributed by atoms with Gasteiger partial charge in [-0.25, -0.2) is 0 Å². The van der Waals surface area contributed by atoms with Crippen LogP contribution in [0.5, 0.6) is 5.75 Å². The molecule has 0 aliphatic rings. The largest absolute Gasteiger partial charge is 0.496 e. The van der Waals surface area contributed by atoms with E-state index in [4.69, 9.17) is 4.74 Å². The van der Waals surface area contributed by atoms with Crippen molar-refractivity contribution in [2.75, 3.05) is 7.11 Å². The molecule has 0 aliphatic heterocycles. The number of thiophene rings is 1. The number of ether oxygens (including phenoxy) is 1. The Bertz CT molecular complexity index is 549. The second kappa shape index (κ2) is 5.36. The van der Waals surface area contributed by atoms with Crippen molar-refractivity contribution in [2.45, 2.75) is 20.3 Å². The molecule has 0 saturated heterocycles. The smallest absolute Gasteiger partial charge is 0.177 e. The number of rotatable bonds is 4. The normalized spacial score (nSPS) is 10.4. The fourth-order valence-electron chi connectivity index (χ4n) is 2.02. The van der Waals surface area contributed by atoms with E-state index in [-0.39, 0.29) is 5.78 Å². The summed E-state index contributed by atoms with van der Waals surface area (Å²) < 4.78 is 5.09. The van der Waals surface area contributed by atoms with E-state index in [9.17, 15) is 4.79 Å². The molecule has 0 N–H and O–H groups in total. The number of Topliss-reactive ketones (excluding diaryl/α,β-unsaturated/α-hetero) is 1. The molecule has 94 valence electrons. The first-order chi connectivity index (χ1) is 8.58. The van der Waals surface area contributed by atoms with Gasteiger partial charge in [0.1, 0.15) is 5.75 Å². The average Bonchev–Trinajstić information content (AvgIpc) is 2.75. The van der Waals surface area contributed by atoms with E-state index in [1.165, 1.54) is 22.5 Å². The predicted molar refractivity (Wildman–Crippen MR) is 74.8 cm³/mol. The quantitative estimate of drug-likeness (QED) is 0.782. The van der Waals surface area contributed by atoms with Crippen LogP contribution in [0.3, 0.4) is 0 Å². The second-order valence-corrected chi connectivity index (χ2v) is 5.36. The maximum Gasteiger partial charge on any atom is 0.177 e. The zero-order valence-corrected chi connectivity index (χ0v) is 11.6. The Labute approximate surface area is 111 Å². The van der Waals surface area contributed by atoms with Crippen molar-refractivity contribution < 1.29 is 9.53 Å². The van der Waals surface area contributed by atoms with E-state index in [1.807, 2.05) is 5.38 Å². The molecule has 2 aromatic rings. The summed E-state index contributed by atoms with van der Waals surface area (Å²) >= 11 is 1.44. The van der Waals surface area contributed by atoms with Gasteiger partial charge in [0.15, 0.2) is 5.78 Å². The summed E-state index contributed by atoms with van der Waals surface area (Å²) in [5, 5.41) is 1.86. The predicted octanol–water partition coefficient (Wildman–Crippen LogP) is 3.80. The summed E-state index contributed by atoms with van der Waals surface area (Å²) in [4.78, 5) is 12.9. The third kappa shape index (κ3) is 2.99. The Hall–Kier alpha value is -1.61. The van der Waals surface area contributed by atoms with Crippen molar-refractivity contribution in [3.05, 3.63) is 51.2 Å². The number of aryl methyl sites for hydroxylation is 2. The van der Waals surface area contributed by atoms with E-state index in [0.29, 0.717) is 6.42 Å². The van der Waals surface area contributed by atoms with Crippen molar-refractivity contribution in [3.8, 4) is 5.75 Å². The van der Waals surface area contributed by atoms with Gasteiger partial charge in [-0.2, -0.15) is 0 Å². The zero-order chi connectivity index (χ0) is 13.1. The molecule has 0 saturated carbocycles. The summed E-state index contributed by atoms with van der Waals surface area (Å²) in [6.45, 7) is 4.10. The lowest BCUT2D eigenvalue weighted by molar-refractivity contribution is 0.0996. The van der Waals surface area contributed by atoms with E-state index in [1.54, 1.807) is 13.2 Å². The summed E-state index contributed by atoms with van der Waals surface area (Å²) in [6.07, 6.45) is 0.451. The number of methoxy groups -OCH3 is 1. The number of benzene rings is 1. The van der Waals surface area contributed by atoms with Crippen LogP contribution < -0.4 is 4.74 Å². The van der Waals surface area contributed by atoms with Crippen molar-refractivity contribution in [1.82, 2.24) is 0 Å². The number of carbonyl (C=O) groups is 1. The van der Waals surface area contributed by atoms with Crippen molar-refractivity contribution in [3.63, 3.8) is 0 Å². The van der Waals surface area contributed by atoms with Crippen LogP contribution in [-0.4, -0.2) is 12.9 Å². The number of carbonyl (C=O) groups excluding carboxylic acids is 1. The summed E-state index contributed by atoms with van der Waals surface area (Å²) in [7, 11) is 1.61. The lowest BCUT2D eigenvalue weighted by atomic mass is 10.0. The molecule has 0 amide bonds. The Morgan fingerprint density at radius 3 is 2.39 bits per heavy atom. The number of hydrogen-bond acceptors (Lipinski definition) is 3. The molecule has 1 aromatic heterocycles. The molecule has 3 heteroatoms. The van der Waals surface area contributed by atoms with E-state index in [2.05, 4.69) is 32.0 Å². The Kier molecular flexibility index (Phi) is 3.82. The fourth-order valence-corrected chi connectivity index (χ4v) is 2.81. The lowest BCUT2D eigenvalue weighted by Crippen LogP contribution is -2.01. The average molecular weight is 260 g/mol. The van der Waals surface area contributed by atoms with Gasteiger partial charge >= 0.3 is 0 Å². The van der Waals surface area contributed by atoms with Crippen molar-refractivity contribution in [2.24, 2.45) is 0 Å². The first-order valence-corrected chi connectivity index (χ1v) is 6.69. The van der Waals surface area contributed by atoms with Gasteiger partial charge in [-0.05, 0) is 19.4 Å². The van der Waals surface area contributed by atoms with Gasteiger partial charge in [0, 0.05) is 17.9 Å². The SMILES string of the molecule is COc1csc(C(=O)Cc2cc(C)cc(C)c2)c1. The number of ketones is 1. The zero-order valence-electron chi connectivity index (χ0n) is 10.8. The van der Waals surface area contributed by atoms with Gasteiger partial charge < -0.3 is 4.74 Å². The first-order valence-electron chi connectivity index (χ1n) is 5.81. The second-order valence-electron chi connectivity index (χ2n) is 4.45.